The first kappa shape index (κ1) is 15.5. The minimum Gasteiger partial charge on any atom is -0.326 e. The molecule has 1 aliphatic heterocycles. The molecule has 3 nitrogen and oxygen atoms in total. The summed E-state index contributed by atoms with van der Waals surface area (Å²) in [7, 11) is 0. The SMILES string of the molecule is CC(C)CC1NC(CC(C)C)N(CC(C)C)C1=O. The maximum absolute atomic E-state index is 12.4. The minimum atomic E-state index is 0.0347. The van der Waals surface area contributed by atoms with Crippen LogP contribution in [0.5, 0.6) is 0 Å². The Labute approximate surface area is 112 Å². The topological polar surface area (TPSA) is 32.3 Å². The van der Waals surface area contributed by atoms with Crippen LogP contribution in [0.4, 0.5) is 0 Å². The van der Waals surface area contributed by atoms with Gasteiger partial charge in [-0.2, -0.15) is 0 Å². The lowest BCUT2D eigenvalue weighted by molar-refractivity contribution is -0.130. The minimum absolute atomic E-state index is 0.0347. The smallest absolute Gasteiger partial charge is 0.241 e. The van der Waals surface area contributed by atoms with Crippen molar-refractivity contribution < 1.29 is 4.79 Å². The van der Waals surface area contributed by atoms with Crippen molar-refractivity contribution in [1.82, 2.24) is 10.2 Å². The molecule has 1 saturated heterocycles. The maximum atomic E-state index is 12.4. The van der Waals surface area contributed by atoms with Crippen LogP contribution in [0.2, 0.25) is 0 Å². The fourth-order valence-electron chi connectivity index (χ4n) is 2.64. The van der Waals surface area contributed by atoms with Gasteiger partial charge in [0, 0.05) is 6.54 Å². The van der Waals surface area contributed by atoms with Gasteiger partial charge >= 0.3 is 0 Å². The Kier molecular flexibility index (Phi) is 5.64. The Morgan fingerprint density at radius 3 is 2.00 bits per heavy atom. The standard InChI is InChI=1S/C15H30N2O/c1-10(2)7-13-15(18)17(9-12(5)6)14(16-13)8-11(3)4/h10-14,16H,7-9H2,1-6H3. The van der Waals surface area contributed by atoms with Crippen molar-refractivity contribution in [3.63, 3.8) is 0 Å². The van der Waals surface area contributed by atoms with Crippen LogP contribution in [0.15, 0.2) is 0 Å². The van der Waals surface area contributed by atoms with Crippen LogP contribution >= 0.6 is 0 Å². The van der Waals surface area contributed by atoms with Gasteiger partial charge in [-0.3, -0.25) is 10.1 Å². The monoisotopic (exact) mass is 254 g/mol. The van der Waals surface area contributed by atoms with Crippen molar-refractivity contribution in [2.75, 3.05) is 6.54 Å². The Bertz CT molecular complexity index is 274. The molecule has 0 radical (unpaired) electrons. The second-order valence-electron chi connectivity index (χ2n) is 6.88. The Balaban J connectivity index is 2.71. The normalized spacial score (nSPS) is 24.9. The van der Waals surface area contributed by atoms with Crippen LogP contribution in [0.1, 0.15) is 54.4 Å². The molecule has 1 rings (SSSR count). The molecular weight excluding hydrogens is 224 g/mol. The van der Waals surface area contributed by atoms with E-state index in [-0.39, 0.29) is 12.2 Å². The average Bonchev–Trinajstić information content (AvgIpc) is 2.44. The van der Waals surface area contributed by atoms with E-state index in [4.69, 9.17) is 0 Å². The summed E-state index contributed by atoms with van der Waals surface area (Å²) >= 11 is 0. The zero-order valence-electron chi connectivity index (χ0n) is 12.9. The average molecular weight is 254 g/mol. The largest absolute Gasteiger partial charge is 0.326 e. The third kappa shape index (κ3) is 4.27. The second-order valence-corrected chi connectivity index (χ2v) is 6.88. The van der Waals surface area contributed by atoms with Gasteiger partial charge < -0.3 is 4.90 Å². The molecule has 1 heterocycles. The van der Waals surface area contributed by atoms with Crippen molar-refractivity contribution in [2.24, 2.45) is 17.8 Å². The van der Waals surface area contributed by atoms with Gasteiger partial charge in [-0.05, 0) is 30.6 Å². The predicted octanol–water partition coefficient (Wildman–Crippen LogP) is 2.86. The van der Waals surface area contributed by atoms with Crippen LogP contribution in [0.25, 0.3) is 0 Å². The second kappa shape index (κ2) is 6.55. The number of rotatable bonds is 6. The van der Waals surface area contributed by atoms with Gasteiger partial charge in [0.2, 0.25) is 5.91 Å². The van der Waals surface area contributed by atoms with E-state index < -0.39 is 0 Å². The highest BCUT2D eigenvalue weighted by Gasteiger charge is 2.38. The van der Waals surface area contributed by atoms with E-state index in [0.717, 1.165) is 19.4 Å². The van der Waals surface area contributed by atoms with Crippen molar-refractivity contribution in [3.8, 4) is 0 Å². The summed E-state index contributed by atoms with van der Waals surface area (Å²) in [6, 6.07) is 0.0347. The zero-order valence-corrected chi connectivity index (χ0v) is 12.9. The molecular formula is C15H30N2O. The van der Waals surface area contributed by atoms with Crippen LogP contribution in [-0.2, 0) is 4.79 Å². The fourth-order valence-corrected chi connectivity index (χ4v) is 2.64. The predicted molar refractivity (Wildman–Crippen MR) is 76.2 cm³/mol. The zero-order chi connectivity index (χ0) is 13.9. The third-order valence-electron chi connectivity index (χ3n) is 3.31. The first-order valence-electron chi connectivity index (χ1n) is 7.37. The van der Waals surface area contributed by atoms with Crippen LogP contribution < -0.4 is 5.32 Å². The lowest BCUT2D eigenvalue weighted by Crippen LogP contribution is -2.40. The molecule has 106 valence electrons. The van der Waals surface area contributed by atoms with Crippen LogP contribution in [-0.4, -0.2) is 29.6 Å². The molecule has 2 atom stereocenters. The number of nitrogens with one attached hydrogen (secondary N) is 1. The molecule has 18 heavy (non-hydrogen) atoms. The van der Waals surface area contributed by atoms with Gasteiger partial charge in [-0.15, -0.1) is 0 Å². The number of hydrogen-bond acceptors (Lipinski definition) is 2. The fraction of sp³-hybridized carbons (Fsp3) is 0.933. The van der Waals surface area contributed by atoms with E-state index in [9.17, 15) is 4.79 Å². The molecule has 1 aliphatic rings. The van der Waals surface area contributed by atoms with Crippen LogP contribution in [0.3, 0.4) is 0 Å². The van der Waals surface area contributed by atoms with Gasteiger partial charge in [0.15, 0.2) is 0 Å². The first-order valence-corrected chi connectivity index (χ1v) is 7.37. The lowest BCUT2D eigenvalue weighted by Gasteiger charge is -2.27. The summed E-state index contributed by atoms with van der Waals surface area (Å²) in [4.78, 5) is 14.5. The number of hydrogen-bond donors (Lipinski definition) is 1. The molecule has 3 heteroatoms. The van der Waals surface area contributed by atoms with Gasteiger partial charge in [-0.1, -0.05) is 41.5 Å². The van der Waals surface area contributed by atoms with E-state index in [2.05, 4.69) is 51.8 Å². The Hall–Kier alpha value is -0.570. The number of amides is 1. The highest BCUT2D eigenvalue weighted by molar-refractivity contribution is 5.84. The molecule has 0 spiro atoms. The summed E-state index contributed by atoms with van der Waals surface area (Å²) in [5, 5.41) is 3.54. The van der Waals surface area contributed by atoms with E-state index in [0.29, 0.717) is 23.7 Å². The summed E-state index contributed by atoms with van der Waals surface area (Å²) in [6.07, 6.45) is 2.23. The molecule has 1 fully saturated rings. The number of carbonyl (C=O) groups is 1. The van der Waals surface area contributed by atoms with Gasteiger partial charge in [-0.25, -0.2) is 0 Å². The molecule has 0 saturated carbocycles. The Morgan fingerprint density at radius 1 is 1.00 bits per heavy atom. The van der Waals surface area contributed by atoms with Gasteiger partial charge in [0.25, 0.3) is 0 Å². The van der Waals surface area contributed by atoms with E-state index >= 15 is 0 Å². The molecule has 2 unspecified atom stereocenters. The van der Waals surface area contributed by atoms with Crippen molar-refractivity contribution >= 4 is 5.91 Å². The highest BCUT2D eigenvalue weighted by Crippen LogP contribution is 2.22. The quantitative estimate of drug-likeness (QED) is 0.790. The number of carbonyl (C=O) groups excluding carboxylic acids is 1. The highest BCUT2D eigenvalue weighted by atomic mass is 16.2. The van der Waals surface area contributed by atoms with E-state index in [1.807, 2.05) is 0 Å². The van der Waals surface area contributed by atoms with Gasteiger partial charge in [0.05, 0.1) is 12.2 Å². The molecule has 0 aliphatic carbocycles. The van der Waals surface area contributed by atoms with Crippen molar-refractivity contribution in [2.45, 2.75) is 66.6 Å². The lowest BCUT2D eigenvalue weighted by atomic mass is 10.0. The molecule has 0 aromatic heterocycles. The molecule has 0 bridgehead atoms. The molecule has 0 aromatic rings. The van der Waals surface area contributed by atoms with Crippen molar-refractivity contribution in [1.29, 1.82) is 0 Å². The molecule has 1 amide bonds. The van der Waals surface area contributed by atoms with Crippen molar-refractivity contribution in [3.05, 3.63) is 0 Å². The Morgan fingerprint density at radius 2 is 1.56 bits per heavy atom. The molecule has 1 N–H and O–H groups in total. The summed E-state index contributed by atoms with van der Waals surface area (Å²) < 4.78 is 0. The number of nitrogens with zero attached hydrogens (tertiary/aromatic N) is 1. The summed E-state index contributed by atoms with van der Waals surface area (Å²) in [5.41, 5.74) is 0. The van der Waals surface area contributed by atoms with Crippen LogP contribution in [0, 0.1) is 17.8 Å². The van der Waals surface area contributed by atoms with Gasteiger partial charge in [0.1, 0.15) is 0 Å². The summed E-state index contributed by atoms with van der Waals surface area (Å²) in [5.74, 6) is 2.01. The van der Waals surface area contributed by atoms with E-state index in [1.165, 1.54) is 0 Å². The first-order chi connectivity index (χ1) is 8.31. The molecule has 0 aromatic carbocycles. The third-order valence-corrected chi connectivity index (χ3v) is 3.31. The summed E-state index contributed by atoms with van der Waals surface area (Å²) in [6.45, 7) is 14.0. The maximum Gasteiger partial charge on any atom is 0.241 e. The van der Waals surface area contributed by atoms with E-state index in [1.54, 1.807) is 0 Å².